The van der Waals surface area contributed by atoms with Gasteiger partial charge in [0.2, 0.25) is 5.91 Å². The van der Waals surface area contributed by atoms with E-state index < -0.39 is 0 Å². The molecule has 1 unspecified atom stereocenters. The van der Waals surface area contributed by atoms with Crippen molar-refractivity contribution >= 4 is 33.5 Å². The van der Waals surface area contributed by atoms with Gasteiger partial charge in [-0.1, -0.05) is 18.2 Å². The van der Waals surface area contributed by atoms with E-state index >= 15 is 0 Å². The first kappa shape index (κ1) is 17.0. The number of para-hydroxylation sites is 1. The Morgan fingerprint density at radius 3 is 3.04 bits per heavy atom. The number of carbonyl (C=O) groups excluding carboxylic acids is 1. The molecule has 1 aliphatic rings. The molecule has 1 atom stereocenters. The number of aromatic amines is 1. The Bertz CT molecular complexity index is 1170. The van der Waals surface area contributed by atoms with Crippen LogP contribution in [0.1, 0.15) is 30.5 Å². The number of aryl methyl sites for hydroxylation is 1. The van der Waals surface area contributed by atoms with Gasteiger partial charge in [0, 0.05) is 23.5 Å². The van der Waals surface area contributed by atoms with Gasteiger partial charge in [-0.25, -0.2) is 4.98 Å². The molecule has 5 rings (SSSR count). The van der Waals surface area contributed by atoms with Crippen LogP contribution in [0, 0.1) is 6.92 Å². The Hall–Kier alpha value is -3.12. The quantitative estimate of drug-likeness (QED) is 0.559. The summed E-state index contributed by atoms with van der Waals surface area (Å²) in [4.78, 5) is 20.6. The summed E-state index contributed by atoms with van der Waals surface area (Å²) in [5.74, 6) is 0.813. The van der Waals surface area contributed by atoms with E-state index in [1.165, 1.54) is 0 Å². The SMILES string of the molecule is Cc1cc2ccccc2n1CC(=O)Nc1ccc2nc(C3CCCO3)[nH]c2c1. The van der Waals surface area contributed by atoms with E-state index in [-0.39, 0.29) is 18.6 Å². The van der Waals surface area contributed by atoms with Crippen LogP contribution in [0.2, 0.25) is 0 Å². The summed E-state index contributed by atoms with van der Waals surface area (Å²) in [5.41, 5.74) is 4.69. The maximum absolute atomic E-state index is 12.6. The summed E-state index contributed by atoms with van der Waals surface area (Å²) in [7, 11) is 0. The van der Waals surface area contributed by atoms with Crippen LogP contribution in [0.5, 0.6) is 0 Å². The van der Waals surface area contributed by atoms with Crippen LogP contribution in [-0.4, -0.2) is 27.0 Å². The van der Waals surface area contributed by atoms with Crippen LogP contribution in [0.3, 0.4) is 0 Å². The fourth-order valence-electron chi connectivity index (χ4n) is 3.96. The van der Waals surface area contributed by atoms with Gasteiger partial charge in [-0.15, -0.1) is 0 Å². The predicted molar refractivity (Wildman–Crippen MR) is 109 cm³/mol. The number of hydrogen-bond acceptors (Lipinski definition) is 3. The molecule has 2 aromatic carbocycles. The van der Waals surface area contributed by atoms with Gasteiger partial charge in [0.15, 0.2) is 0 Å². The average molecular weight is 374 g/mol. The molecule has 0 aliphatic carbocycles. The number of nitrogens with one attached hydrogen (secondary N) is 2. The minimum Gasteiger partial charge on any atom is -0.370 e. The molecule has 6 nitrogen and oxygen atoms in total. The molecule has 0 radical (unpaired) electrons. The zero-order valence-corrected chi connectivity index (χ0v) is 15.7. The highest BCUT2D eigenvalue weighted by Gasteiger charge is 2.21. The lowest BCUT2D eigenvalue weighted by atomic mass is 10.2. The molecule has 0 saturated carbocycles. The number of nitrogens with zero attached hydrogens (tertiary/aromatic N) is 2. The molecule has 1 aliphatic heterocycles. The molecule has 2 aromatic heterocycles. The first-order chi connectivity index (χ1) is 13.7. The van der Waals surface area contributed by atoms with Gasteiger partial charge in [-0.2, -0.15) is 0 Å². The number of imidazole rings is 1. The fourth-order valence-corrected chi connectivity index (χ4v) is 3.96. The average Bonchev–Trinajstić information content (AvgIpc) is 3.40. The number of hydrogen-bond donors (Lipinski definition) is 2. The molecule has 3 heterocycles. The molecular weight excluding hydrogens is 352 g/mol. The number of benzene rings is 2. The fraction of sp³-hybridized carbons (Fsp3) is 0.273. The van der Waals surface area contributed by atoms with Crippen molar-refractivity contribution < 1.29 is 9.53 Å². The van der Waals surface area contributed by atoms with Crippen LogP contribution in [-0.2, 0) is 16.1 Å². The van der Waals surface area contributed by atoms with Gasteiger partial charge in [0.1, 0.15) is 18.5 Å². The highest BCUT2D eigenvalue weighted by Crippen LogP contribution is 2.28. The second kappa shape index (κ2) is 6.80. The van der Waals surface area contributed by atoms with E-state index in [1.54, 1.807) is 0 Å². The highest BCUT2D eigenvalue weighted by atomic mass is 16.5. The van der Waals surface area contributed by atoms with Crippen LogP contribution in [0.25, 0.3) is 21.9 Å². The molecule has 1 amide bonds. The topological polar surface area (TPSA) is 71.9 Å². The van der Waals surface area contributed by atoms with Crippen molar-refractivity contribution in [2.75, 3.05) is 11.9 Å². The number of anilines is 1. The molecule has 4 aromatic rings. The van der Waals surface area contributed by atoms with E-state index in [9.17, 15) is 4.79 Å². The van der Waals surface area contributed by atoms with E-state index in [0.717, 1.165) is 58.6 Å². The molecule has 28 heavy (non-hydrogen) atoms. The van der Waals surface area contributed by atoms with Crippen molar-refractivity contribution in [3.63, 3.8) is 0 Å². The van der Waals surface area contributed by atoms with E-state index in [4.69, 9.17) is 4.74 Å². The Morgan fingerprint density at radius 1 is 1.29 bits per heavy atom. The number of H-pyrrole nitrogens is 1. The summed E-state index contributed by atoms with van der Waals surface area (Å²) in [6.07, 6.45) is 2.11. The molecule has 142 valence electrons. The minimum atomic E-state index is -0.0531. The zero-order chi connectivity index (χ0) is 19.1. The first-order valence-corrected chi connectivity index (χ1v) is 9.63. The van der Waals surface area contributed by atoms with Gasteiger partial charge in [0.25, 0.3) is 0 Å². The van der Waals surface area contributed by atoms with Gasteiger partial charge in [-0.05, 0) is 55.5 Å². The van der Waals surface area contributed by atoms with Crippen LogP contribution in [0.4, 0.5) is 5.69 Å². The maximum Gasteiger partial charge on any atom is 0.244 e. The number of rotatable bonds is 4. The van der Waals surface area contributed by atoms with Crippen LogP contribution >= 0.6 is 0 Å². The third kappa shape index (κ3) is 3.05. The summed E-state index contributed by atoms with van der Waals surface area (Å²) in [5, 5.41) is 4.15. The summed E-state index contributed by atoms with van der Waals surface area (Å²) >= 11 is 0. The normalized spacial score (nSPS) is 16.8. The van der Waals surface area contributed by atoms with Crippen molar-refractivity contribution in [2.24, 2.45) is 0 Å². The Kier molecular flexibility index (Phi) is 4.13. The number of aromatic nitrogens is 3. The monoisotopic (exact) mass is 374 g/mol. The smallest absolute Gasteiger partial charge is 0.244 e. The van der Waals surface area contributed by atoms with E-state index in [1.807, 2.05) is 47.9 Å². The van der Waals surface area contributed by atoms with Gasteiger partial charge >= 0.3 is 0 Å². The van der Waals surface area contributed by atoms with Crippen molar-refractivity contribution in [1.82, 2.24) is 14.5 Å². The second-order valence-electron chi connectivity index (χ2n) is 7.33. The van der Waals surface area contributed by atoms with Crippen LogP contribution in [0.15, 0.2) is 48.5 Å². The lowest BCUT2D eigenvalue weighted by Crippen LogP contribution is -2.19. The zero-order valence-electron chi connectivity index (χ0n) is 15.7. The van der Waals surface area contributed by atoms with Crippen molar-refractivity contribution in [3.05, 3.63) is 60.0 Å². The standard InChI is InChI=1S/C22H22N4O2/c1-14-11-15-5-2-3-6-19(15)26(14)13-21(27)23-16-8-9-17-18(12-16)25-22(24-17)20-7-4-10-28-20/h2-3,5-6,8-9,11-12,20H,4,7,10,13H2,1H3,(H,23,27)(H,24,25). The Morgan fingerprint density at radius 2 is 2.18 bits per heavy atom. The van der Waals surface area contributed by atoms with Crippen molar-refractivity contribution in [1.29, 1.82) is 0 Å². The maximum atomic E-state index is 12.6. The third-order valence-corrected chi connectivity index (χ3v) is 5.34. The number of fused-ring (bicyclic) bond motifs is 2. The lowest BCUT2D eigenvalue weighted by molar-refractivity contribution is -0.116. The number of ether oxygens (including phenoxy) is 1. The number of carbonyl (C=O) groups is 1. The molecule has 6 heteroatoms. The molecule has 0 spiro atoms. The predicted octanol–water partition coefficient (Wildman–Crippen LogP) is 4.32. The van der Waals surface area contributed by atoms with Crippen molar-refractivity contribution in [2.45, 2.75) is 32.4 Å². The summed E-state index contributed by atoms with van der Waals surface area (Å²) in [6, 6.07) is 16.0. The highest BCUT2D eigenvalue weighted by molar-refractivity contribution is 5.94. The molecule has 1 fully saturated rings. The van der Waals surface area contributed by atoms with Gasteiger partial charge < -0.3 is 19.6 Å². The van der Waals surface area contributed by atoms with Crippen LogP contribution < -0.4 is 5.32 Å². The third-order valence-electron chi connectivity index (χ3n) is 5.34. The molecule has 2 N–H and O–H groups in total. The summed E-state index contributed by atoms with van der Waals surface area (Å²) < 4.78 is 7.74. The Balaban J connectivity index is 1.35. The van der Waals surface area contributed by atoms with E-state index in [2.05, 4.69) is 27.4 Å². The molecule has 0 bridgehead atoms. The minimum absolute atomic E-state index is 0.0513. The summed E-state index contributed by atoms with van der Waals surface area (Å²) in [6.45, 7) is 3.09. The van der Waals surface area contributed by atoms with Crippen molar-refractivity contribution in [3.8, 4) is 0 Å². The molecular formula is C22H22N4O2. The van der Waals surface area contributed by atoms with E-state index in [0.29, 0.717) is 0 Å². The van der Waals surface area contributed by atoms with Gasteiger partial charge in [-0.3, -0.25) is 4.79 Å². The Labute approximate surface area is 162 Å². The first-order valence-electron chi connectivity index (χ1n) is 9.63. The van der Waals surface area contributed by atoms with Gasteiger partial charge in [0.05, 0.1) is 11.0 Å². The second-order valence-corrected chi connectivity index (χ2v) is 7.33. The largest absolute Gasteiger partial charge is 0.370 e. The molecule has 1 saturated heterocycles. The lowest BCUT2D eigenvalue weighted by Gasteiger charge is -2.09. The number of amides is 1.